The topological polar surface area (TPSA) is 15.8 Å². The normalized spacial score (nSPS) is 14.1. The maximum absolute atomic E-state index is 3.63. The first-order valence-electron chi connectivity index (χ1n) is 11.1. The maximum atomic E-state index is 3.63. The van der Waals surface area contributed by atoms with Gasteiger partial charge in [-0.2, -0.15) is 0 Å². The molecule has 3 aromatic rings. The summed E-state index contributed by atoms with van der Waals surface area (Å²) in [6.45, 7) is 23.5. The van der Waals surface area contributed by atoms with Crippen LogP contribution in [0, 0.1) is 10.8 Å². The zero-order valence-electron chi connectivity index (χ0n) is 20.4. The van der Waals surface area contributed by atoms with Crippen LogP contribution in [-0.4, -0.2) is 4.98 Å². The van der Waals surface area contributed by atoms with Crippen molar-refractivity contribution < 1.29 is 0 Å². The highest BCUT2D eigenvalue weighted by Crippen LogP contribution is 2.40. The van der Waals surface area contributed by atoms with Crippen molar-refractivity contribution in [1.82, 2.24) is 4.98 Å². The Balaban J connectivity index is 2.11. The standard InChI is InChI=1S/C28H41N/c1-25(2,3)17-27(7,8)19-11-13-23-21(15-19)22-16-20(12-14-24(22)29-23)28(9,10)18-26(4,5)6/h11-16,29H,17-18H2,1-10H3. The molecule has 0 unspecified atom stereocenters. The first-order valence-corrected chi connectivity index (χ1v) is 11.1. The van der Waals surface area contributed by atoms with E-state index >= 15 is 0 Å². The van der Waals surface area contributed by atoms with Crippen LogP contribution < -0.4 is 0 Å². The van der Waals surface area contributed by atoms with Gasteiger partial charge in [0.05, 0.1) is 0 Å². The third-order valence-electron chi connectivity index (χ3n) is 6.11. The van der Waals surface area contributed by atoms with E-state index in [1.807, 2.05) is 0 Å². The van der Waals surface area contributed by atoms with Gasteiger partial charge in [0.1, 0.15) is 0 Å². The summed E-state index contributed by atoms with van der Waals surface area (Å²) in [4.78, 5) is 3.63. The van der Waals surface area contributed by atoms with E-state index in [4.69, 9.17) is 0 Å². The number of benzene rings is 2. The molecule has 29 heavy (non-hydrogen) atoms. The van der Waals surface area contributed by atoms with E-state index in [-0.39, 0.29) is 10.8 Å². The van der Waals surface area contributed by atoms with E-state index in [1.165, 1.54) is 32.9 Å². The summed E-state index contributed by atoms with van der Waals surface area (Å²) in [6.07, 6.45) is 2.33. The molecule has 0 radical (unpaired) electrons. The first kappa shape index (κ1) is 21.9. The van der Waals surface area contributed by atoms with Crippen molar-refractivity contribution in [2.45, 2.75) is 92.9 Å². The van der Waals surface area contributed by atoms with Gasteiger partial charge in [-0.05, 0) is 69.9 Å². The smallest absolute Gasteiger partial charge is 0.0465 e. The van der Waals surface area contributed by atoms with E-state index in [2.05, 4.69) is 111 Å². The fraction of sp³-hybridized carbons (Fsp3) is 0.571. The Hall–Kier alpha value is -1.76. The Kier molecular flexibility index (Phi) is 5.22. The molecule has 0 aliphatic heterocycles. The van der Waals surface area contributed by atoms with Gasteiger partial charge < -0.3 is 4.98 Å². The highest BCUT2D eigenvalue weighted by molar-refractivity contribution is 6.07. The lowest BCUT2D eigenvalue weighted by Crippen LogP contribution is -2.24. The largest absolute Gasteiger partial charge is 0.355 e. The van der Waals surface area contributed by atoms with Crippen LogP contribution in [0.5, 0.6) is 0 Å². The summed E-state index contributed by atoms with van der Waals surface area (Å²) >= 11 is 0. The molecule has 1 aromatic heterocycles. The van der Waals surface area contributed by atoms with E-state index in [9.17, 15) is 0 Å². The van der Waals surface area contributed by atoms with Gasteiger partial charge in [0, 0.05) is 21.8 Å². The average Bonchev–Trinajstić information content (AvgIpc) is 2.87. The number of hydrogen-bond acceptors (Lipinski definition) is 0. The van der Waals surface area contributed by atoms with Gasteiger partial charge in [-0.3, -0.25) is 0 Å². The highest BCUT2D eigenvalue weighted by atomic mass is 14.7. The monoisotopic (exact) mass is 391 g/mol. The molecule has 1 nitrogen and oxygen atoms in total. The molecule has 0 amide bonds. The third-order valence-corrected chi connectivity index (χ3v) is 6.11. The molecule has 0 spiro atoms. The lowest BCUT2D eigenvalue weighted by Gasteiger charge is -2.33. The lowest BCUT2D eigenvalue weighted by atomic mass is 9.71. The molecule has 0 aliphatic carbocycles. The number of hydrogen-bond donors (Lipinski definition) is 1. The van der Waals surface area contributed by atoms with Gasteiger partial charge in [0.2, 0.25) is 0 Å². The Bertz CT molecular complexity index is 934. The fourth-order valence-corrected chi connectivity index (χ4v) is 5.59. The summed E-state index contributed by atoms with van der Waals surface area (Å²) in [6, 6.07) is 14.0. The first-order chi connectivity index (χ1) is 13.1. The zero-order valence-corrected chi connectivity index (χ0v) is 20.4. The molecule has 158 valence electrons. The summed E-state index contributed by atoms with van der Waals surface area (Å²) in [7, 11) is 0. The van der Waals surface area contributed by atoms with Crippen molar-refractivity contribution in [3.8, 4) is 0 Å². The Morgan fingerprint density at radius 3 is 1.21 bits per heavy atom. The SMILES string of the molecule is CC(C)(C)CC(C)(C)c1ccc2[nH]c3ccc(C(C)(C)CC(C)(C)C)cc3c2c1. The number of nitrogens with one attached hydrogen (secondary N) is 1. The number of rotatable bonds is 4. The molecule has 1 heteroatoms. The second kappa shape index (κ2) is 6.89. The second-order valence-corrected chi connectivity index (χ2v) is 12.9. The molecular weight excluding hydrogens is 350 g/mol. The van der Waals surface area contributed by atoms with E-state index in [1.54, 1.807) is 0 Å². The predicted molar refractivity (Wildman–Crippen MR) is 130 cm³/mol. The van der Waals surface area contributed by atoms with Gasteiger partial charge >= 0.3 is 0 Å². The van der Waals surface area contributed by atoms with Gasteiger partial charge in [-0.15, -0.1) is 0 Å². The summed E-state index contributed by atoms with van der Waals surface area (Å²) in [5.74, 6) is 0. The summed E-state index contributed by atoms with van der Waals surface area (Å²) < 4.78 is 0. The molecule has 0 fully saturated rings. The van der Waals surface area contributed by atoms with E-state index in [0.29, 0.717) is 10.8 Å². The van der Waals surface area contributed by atoms with Crippen LogP contribution in [0.4, 0.5) is 0 Å². The molecule has 3 rings (SSSR count). The Morgan fingerprint density at radius 1 is 0.552 bits per heavy atom. The zero-order chi connectivity index (χ0) is 21.8. The molecule has 0 saturated carbocycles. The molecule has 0 saturated heterocycles. The number of aromatic amines is 1. The van der Waals surface area contributed by atoms with Crippen LogP contribution in [0.15, 0.2) is 36.4 Å². The second-order valence-electron chi connectivity index (χ2n) is 12.9. The van der Waals surface area contributed by atoms with Crippen molar-refractivity contribution in [2.24, 2.45) is 10.8 Å². The van der Waals surface area contributed by atoms with E-state index < -0.39 is 0 Å². The maximum Gasteiger partial charge on any atom is 0.0465 e. The molecule has 2 aromatic carbocycles. The molecule has 0 atom stereocenters. The molecule has 0 aliphatic rings. The fourth-order valence-electron chi connectivity index (χ4n) is 5.59. The minimum Gasteiger partial charge on any atom is -0.355 e. The van der Waals surface area contributed by atoms with Gasteiger partial charge in [0.15, 0.2) is 0 Å². The Morgan fingerprint density at radius 2 is 0.897 bits per heavy atom. The minimum absolute atomic E-state index is 0.152. The van der Waals surface area contributed by atoms with Gasteiger partial charge in [-0.1, -0.05) is 81.4 Å². The van der Waals surface area contributed by atoms with Crippen LogP contribution in [0.2, 0.25) is 0 Å². The van der Waals surface area contributed by atoms with Crippen LogP contribution in [0.25, 0.3) is 21.8 Å². The van der Waals surface area contributed by atoms with Crippen LogP contribution in [0.3, 0.4) is 0 Å². The van der Waals surface area contributed by atoms with Crippen LogP contribution in [-0.2, 0) is 10.8 Å². The quantitative estimate of drug-likeness (QED) is 0.457. The predicted octanol–water partition coefficient (Wildman–Crippen LogP) is 8.75. The van der Waals surface area contributed by atoms with Crippen LogP contribution in [0.1, 0.15) is 93.2 Å². The van der Waals surface area contributed by atoms with Gasteiger partial charge in [-0.25, -0.2) is 0 Å². The molecule has 1 heterocycles. The molecule has 1 N–H and O–H groups in total. The third kappa shape index (κ3) is 4.87. The number of aromatic nitrogens is 1. The lowest BCUT2D eigenvalue weighted by molar-refractivity contribution is 0.283. The highest BCUT2D eigenvalue weighted by Gasteiger charge is 2.29. The number of fused-ring (bicyclic) bond motifs is 3. The van der Waals surface area contributed by atoms with Crippen molar-refractivity contribution in [1.29, 1.82) is 0 Å². The average molecular weight is 392 g/mol. The van der Waals surface area contributed by atoms with Crippen molar-refractivity contribution in [2.75, 3.05) is 0 Å². The minimum atomic E-state index is 0.152. The number of H-pyrrole nitrogens is 1. The van der Waals surface area contributed by atoms with Crippen LogP contribution >= 0.6 is 0 Å². The summed E-state index contributed by atoms with van der Waals surface area (Å²) in [5.41, 5.74) is 6.26. The Labute approximate surface area is 178 Å². The van der Waals surface area contributed by atoms with E-state index in [0.717, 1.165) is 12.8 Å². The van der Waals surface area contributed by atoms with Crippen molar-refractivity contribution >= 4 is 21.8 Å². The van der Waals surface area contributed by atoms with Crippen molar-refractivity contribution in [3.63, 3.8) is 0 Å². The van der Waals surface area contributed by atoms with Crippen molar-refractivity contribution in [3.05, 3.63) is 47.5 Å². The molecular formula is C28H41N. The van der Waals surface area contributed by atoms with Gasteiger partial charge in [0.25, 0.3) is 0 Å². The molecule has 0 bridgehead atoms. The summed E-state index contributed by atoms with van der Waals surface area (Å²) in [5, 5.41) is 2.71.